The molecule has 2 aromatic rings. The summed E-state index contributed by atoms with van der Waals surface area (Å²) < 4.78 is 1.89. The predicted molar refractivity (Wildman–Crippen MR) is 87.7 cm³/mol. The van der Waals surface area contributed by atoms with Gasteiger partial charge in [0.05, 0.1) is 25.6 Å². The third-order valence-electron chi connectivity index (χ3n) is 4.53. The highest BCUT2D eigenvalue weighted by Gasteiger charge is 2.31. The van der Waals surface area contributed by atoms with Crippen molar-refractivity contribution >= 4 is 17.2 Å². The van der Waals surface area contributed by atoms with Gasteiger partial charge in [0, 0.05) is 18.0 Å². The summed E-state index contributed by atoms with van der Waals surface area (Å²) in [5.41, 5.74) is 0. The van der Waals surface area contributed by atoms with Crippen LogP contribution in [0, 0.1) is 11.8 Å². The lowest BCUT2D eigenvalue weighted by Gasteiger charge is -2.23. The van der Waals surface area contributed by atoms with E-state index >= 15 is 0 Å². The molecule has 23 heavy (non-hydrogen) atoms. The molecule has 4 rings (SSSR count). The molecule has 2 aromatic heterocycles. The number of rotatable bonds is 5. The van der Waals surface area contributed by atoms with Crippen LogP contribution in [0.5, 0.6) is 0 Å². The summed E-state index contributed by atoms with van der Waals surface area (Å²) in [4.78, 5) is 20.5. The molecule has 1 amide bonds. The van der Waals surface area contributed by atoms with Gasteiger partial charge in [-0.3, -0.25) is 9.69 Å². The van der Waals surface area contributed by atoms with E-state index in [9.17, 15) is 4.79 Å². The summed E-state index contributed by atoms with van der Waals surface area (Å²) in [5.74, 6) is 1.82. The van der Waals surface area contributed by atoms with E-state index in [1.54, 1.807) is 17.7 Å². The number of nitrogens with one attached hydrogen (secondary N) is 1. The van der Waals surface area contributed by atoms with Crippen molar-refractivity contribution in [2.75, 3.05) is 13.1 Å². The first-order chi connectivity index (χ1) is 11.3. The first-order valence-electron chi connectivity index (χ1n) is 8.17. The summed E-state index contributed by atoms with van der Waals surface area (Å²) >= 11 is 1.67. The van der Waals surface area contributed by atoms with E-state index < -0.39 is 0 Å². The minimum absolute atomic E-state index is 0.0725. The Hall–Kier alpha value is -1.73. The minimum Gasteiger partial charge on any atom is -0.351 e. The number of hydrogen-bond acceptors (Lipinski definition) is 5. The summed E-state index contributed by atoms with van der Waals surface area (Å²) in [6, 6.07) is 4.06. The van der Waals surface area contributed by atoms with Crippen molar-refractivity contribution in [1.29, 1.82) is 0 Å². The van der Waals surface area contributed by atoms with Gasteiger partial charge in [0.15, 0.2) is 0 Å². The number of nitrogens with zero attached hydrogens (tertiary/aromatic N) is 4. The maximum Gasteiger partial charge on any atom is 0.226 e. The van der Waals surface area contributed by atoms with Crippen LogP contribution in [0.1, 0.15) is 23.5 Å². The van der Waals surface area contributed by atoms with Crippen molar-refractivity contribution in [3.63, 3.8) is 0 Å². The Morgan fingerprint density at radius 2 is 2.30 bits per heavy atom. The molecular formula is C16H21N5OS. The van der Waals surface area contributed by atoms with Crippen molar-refractivity contribution < 1.29 is 4.79 Å². The Balaban J connectivity index is 1.44. The second kappa shape index (κ2) is 6.41. The molecule has 1 atom stereocenters. The van der Waals surface area contributed by atoms with Crippen LogP contribution in [-0.4, -0.2) is 38.7 Å². The Bertz CT molecular complexity index is 664. The smallest absolute Gasteiger partial charge is 0.226 e. The normalized spacial score (nSPS) is 21.7. The zero-order valence-corrected chi connectivity index (χ0v) is 13.8. The molecule has 1 saturated carbocycles. The largest absolute Gasteiger partial charge is 0.351 e. The molecule has 0 spiro atoms. The lowest BCUT2D eigenvalue weighted by atomic mass is 10.1. The van der Waals surface area contributed by atoms with Crippen molar-refractivity contribution in [3.8, 4) is 0 Å². The Labute approximate surface area is 139 Å². The highest BCUT2D eigenvalue weighted by Crippen LogP contribution is 2.31. The molecule has 3 heterocycles. The van der Waals surface area contributed by atoms with E-state index in [0.29, 0.717) is 13.1 Å². The summed E-state index contributed by atoms with van der Waals surface area (Å²) in [6.07, 6.45) is 4.23. The maximum atomic E-state index is 12.6. The summed E-state index contributed by atoms with van der Waals surface area (Å²) in [7, 11) is 0. The molecule has 1 aliphatic carbocycles. The predicted octanol–water partition coefficient (Wildman–Crippen LogP) is 1.50. The fraction of sp³-hybridized carbons (Fsp3) is 0.562. The molecule has 1 aliphatic heterocycles. The first-order valence-corrected chi connectivity index (χ1v) is 9.05. The van der Waals surface area contributed by atoms with Gasteiger partial charge in [-0.05, 0) is 30.2 Å². The molecule has 0 unspecified atom stereocenters. The van der Waals surface area contributed by atoms with Gasteiger partial charge >= 0.3 is 0 Å². The lowest BCUT2D eigenvalue weighted by molar-refractivity contribution is -0.126. The van der Waals surface area contributed by atoms with Gasteiger partial charge in [-0.2, -0.15) is 5.10 Å². The monoisotopic (exact) mass is 331 g/mol. The van der Waals surface area contributed by atoms with Crippen LogP contribution in [0.2, 0.25) is 0 Å². The topological polar surface area (TPSA) is 63.1 Å². The standard InChI is InChI=1S/C16H21N5OS/c22-16(17-6-14-2-1-5-23-14)13-8-20(7-12-3-4-12)10-15-18-11-19-21(15)9-13/h1-2,5,11-13H,3-4,6-10H2,(H,17,22)/t13-/m0/s1. The van der Waals surface area contributed by atoms with Gasteiger partial charge in [0.1, 0.15) is 12.2 Å². The van der Waals surface area contributed by atoms with Crippen LogP contribution in [0.4, 0.5) is 0 Å². The molecular weight excluding hydrogens is 310 g/mol. The van der Waals surface area contributed by atoms with Crippen molar-refractivity contribution in [2.24, 2.45) is 11.8 Å². The van der Waals surface area contributed by atoms with Crippen LogP contribution in [-0.2, 0) is 24.4 Å². The minimum atomic E-state index is -0.0725. The zero-order valence-electron chi connectivity index (χ0n) is 13.0. The van der Waals surface area contributed by atoms with Crippen LogP contribution in [0.3, 0.4) is 0 Å². The van der Waals surface area contributed by atoms with Crippen molar-refractivity contribution in [1.82, 2.24) is 25.0 Å². The van der Waals surface area contributed by atoms with Crippen molar-refractivity contribution in [2.45, 2.75) is 32.5 Å². The molecule has 1 fully saturated rings. The van der Waals surface area contributed by atoms with E-state index in [-0.39, 0.29) is 11.8 Å². The molecule has 2 aliphatic rings. The molecule has 0 saturated heterocycles. The number of amides is 1. The van der Waals surface area contributed by atoms with Crippen LogP contribution in [0.15, 0.2) is 23.8 Å². The second-order valence-electron chi connectivity index (χ2n) is 6.49. The summed E-state index contributed by atoms with van der Waals surface area (Å²) in [5, 5.41) is 9.40. The zero-order chi connectivity index (χ0) is 15.6. The molecule has 6 nitrogen and oxygen atoms in total. The number of fused-ring (bicyclic) bond motifs is 1. The average Bonchev–Trinajstić information content (AvgIpc) is 3.07. The van der Waals surface area contributed by atoms with E-state index in [4.69, 9.17) is 0 Å². The first kappa shape index (κ1) is 14.8. The highest BCUT2D eigenvalue weighted by atomic mass is 32.1. The molecule has 7 heteroatoms. The van der Waals surface area contributed by atoms with Gasteiger partial charge in [-0.25, -0.2) is 9.67 Å². The van der Waals surface area contributed by atoms with Gasteiger partial charge < -0.3 is 5.32 Å². The van der Waals surface area contributed by atoms with E-state index in [0.717, 1.165) is 31.4 Å². The van der Waals surface area contributed by atoms with Gasteiger partial charge in [-0.15, -0.1) is 11.3 Å². The Morgan fingerprint density at radius 1 is 1.39 bits per heavy atom. The van der Waals surface area contributed by atoms with Crippen LogP contribution in [0.25, 0.3) is 0 Å². The fourth-order valence-electron chi connectivity index (χ4n) is 3.11. The quantitative estimate of drug-likeness (QED) is 0.902. The number of hydrogen-bond donors (Lipinski definition) is 1. The van der Waals surface area contributed by atoms with Gasteiger partial charge in [0.2, 0.25) is 5.91 Å². The van der Waals surface area contributed by atoms with Crippen LogP contribution < -0.4 is 5.32 Å². The average molecular weight is 331 g/mol. The third kappa shape index (κ3) is 3.61. The molecule has 1 N–H and O–H groups in total. The molecule has 0 bridgehead atoms. The molecule has 122 valence electrons. The maximum absolute atomic E-state index is 12.6. The van der Waals surface area contributed by atoms with Crippen molar-refractivity contribution in [3.05, 3.63) is 34.5 Å². The van der Waals surface area contributed by atoms with E-state index in [2.05, 4.69) is 20.3 Å². The fourth-order valence-corrected chi connectivity index (χ4v) is 3.75. The highest BCUT2D eigenvalue weighted by molar-refractivity contribution is 7.09. The van der Waals surface area contributed by atoms with Gasteiger partial charge in [0.25, 0.3) is 0 Å². The number of aromatic nitrogens is 3. The number of thiophene rings is 1. The third-order valence-corrected chi connectivity index (χ3v) is 5.41. The number of carbonyl (C=O) groups excluding carboxylic acids is 1. The Kier molecular flexibility index (Phi) is 4.13. The number of carbonyl (C=O) groups is 1. The van der Waals surface area contributed by atoms with Crippen LogP contribution >= 0.6 is 11.3 Å². The molecule has 0 aromatic carbocycles. The van der Waals surface area contributed by atoms with E-state index in [1.165, 1.54) is 17.7 Å². The second-order valence-corrected chi connectivity index (χ2v) is 7.52. The van der Waals surface area contributed by atoms with Gasteiger partial charge in [-0.1, -0.05) is 6.07 Å². The summed E-state index contributed by atoms with van der Waals surface area (Å²) in [6.45, 7) is 3.89. The SMILES string of the molecule is O=C(NCc1cccs1)[C@H]1CN(CC2CC2)Cc2ncnn2C1. The van der Waals surface area contributed by atoms with E-state index in [1.807, 2.05) is 22.2 Å². The Morgan fingerprint density at radius 3 is 3.09 bits per heavy atom. The lowest BCUT2D eigenvalue weighted by Crippen LogP contribution is -2.39. The molecule has 0 radical (unpaired) electrons.